The van der Waals surface area contributed by atoms with Crippen molar-refractivity contribution in [3.63, 3.8) is 0 Å². The number of carbonyl (C=O) groups is 1. The molecule has 0 amide bonds. The first kappa shape index (κ1) is 11.0. The Balaban J connectivity index is 2.26. The number of carbonyl (C=O) groups excluding carboxylic acids is 1. The molecule has 0 spiro atoms. The van der Waals surface area contributed by atoms with Crippen LogP contribution in [0, 0.1) is 0 Å². The lowest BCUT2D eigenvalue weighted by Crippen LogP contribution is -1.96. The van der Waals surface area contributed by atoms with E-state index < -0.39 is 0 Å². The van der Waals surface area contributed by atoms with Crippen LogP contribution in [0.2, 0.25) is 0 Å². The molecule has 80 valence electrons. The molecule has 0 bridgehead atoms. The van der Waals surface area contributed by atoms with Crippen LogP contribution in [-0.2, 0) is 12.2 Å². The number of aryl methyl sites for hydroxylation is 1. The summed E-state index contributed by atoms with van der Waals surface area (Å²) in [5, 5.41) is 0. The minimum atomic E-state index is 0.166. The predicted octanol–water partition coefficient (Wildman–Crippen LogP) is 3.69. The van der Waals surface area contributed by atoms with Gasteiger partial charge in [0.05, 0.1) is 4.88 Å². The Morgan fingerprint density at radius 3 is 2.93 bits per heavy atom. The quantitative estimate of drug-likeness (QED) is 0.577. The maximum absolute atomic E-state index is 11.8. The van der Waals surface area contributed by atoms with Crippen LogP contribution >= 0.6 is 23.1 Å². The third-order valence-corrected chi connectivity index (χ3v) is 4.55. The first-order valence-corrected chi connectivity index (χ1v) is 7.02. The van der Waals surface area contributed by atoms with Crippen molar-refractivity contribution in [1.29, 1.82) is 0 Å². The minimum absolute atomic E-state index is 0.166. The molecular weight excluding hydrogens is 224 g/mol. The van der Waals surface area contributed by atoms with E-state index >= 15 is 0 Å². The second-order valence-corrected chi connectivity index (χ2v) is 6.19. The number of fused-ring (bicyclic) bond motifs is 1. The van der Waals surface area contributed by atoms with Gasteiger partial charge in [-0.3, -0.25) is 4.79 Å². The molecule has 1 aliphatic rings. The second kappa shape index (κ2) is 4.54. The van der Waals surface area contributed by atoms with Crippen molar-refractivity contribution in [2.24, 2.45) is 0 Å². The van der Waals surface area contributed by atoms with Gasteiger partial charge in [0.1, 0.15) is 0 Å². The van der Waals surface area contributed by atoms with Crippen LogP contribution in [-0.4, -0.2) is 11.5 Å². The average molecular weight is 238 g/mol. The van der Waals surface area contributed by atoms with Crippen molar-refractivity contribution < 1.29 is 4.79 Å². The number of rotatable bonds is 2. The fourth-order valence-corrected chi connectivity index (χ4v) is 3.89. The number of thioether (sulfide) groups is 1. The smallest absolute Gasteiger partial charge is 0.195 e. The number of hydrogen-bond donors (Lipinski definition) is 0. The van der Waals surface area contributed by atoms with E-state index in [-0.39, 0.29) is 5.78 Å². The van der Waals surface area contributed by atoms with Gasteiger partial charge in [-0.2, -0.15) is 11.8 Å². The van der Waals surface area contributed by atoms with E-state index in [2.05, 4.69) is 6.07 Å². The largest absolute Gasteiger partial charge is 0.288 e. The summed E-state index contributed by atoms with van der Waals surface area (Å²) in [4.78, 5) is 14.1. The van der Waals surface area contributed by atoms with Crippen molar-refractivity contribution in [2.45, 2.75) is 26.0 Å². The molecule has 3 heteroatoms. The van der Waals surface area contributed by atoms with E-state index in [9.17, 15) is 4.79 Å². The highest BCUT2D eigenvalue weighted by Gasteiger charge is 2.16. The number of ketones is 1. The molecule has 1 nitrogen and oxygen atoms in total. The van der Waals surface area contributed by atoms with Crippen LogP contribution in [0.25, 0.3) is 0 Å². The van der Waals surface area contributed by atoms with Gasteiger partial charge in [-0.05, 0) is 43.7 Å². The molecule has 1 aliphatic heterocycles. The Bertz CT molecular complexity index is 388. The summed E-state index contributed by atoms with van der Waals surface area (Å²) in [6, 6.07) is 2.08. The van der Waals surface area contributed by atoms with Crippen LogP contribution < -0.4 is 0 Å². The van der Waals surface area contributed by atoms with Crippen LogP contribution in [0.3, 0.4) is 0 Å². The highest BCUT2D eigenvalue weighted by molar-refractivity contribution is 7.98. The molecule has 0 aromatic carbocycles. The topological polar surface area (TPSA) is 17.1 Å². The van der Waals surface area contributed by atoms with Crippen molar-refractivity contribution in [2.75, 3.05) is 5.75 Å². The highest BCUT2D eigenvalue weighted by atomic mass is 32.2. The zero-order valence-corrected chi connectivity index (χ0v) is 10.6. The zero-order chi connectivity index (χ0) is 10.8. The molecule has 0 saturated carbocycles. The first-order chi connectivity index (χ1) is 7.16. The maximum atomic E-state index is 11.8. The Labute approximate surface area is 98.6 Å². The minimum Gasteiger partial charge on any atom is -0.288 e. The van der Waals surface area contributed by atoms with Crippen molar-refractivity contribution in [1.82, 2.24) is 0 Å². The average Bonchev–Trinajstić information content (AvgIpc) is 2.59. The molecule has 0 saturated heterocycles. The van der Waals surface area contributed by atoms with Crippen LogP contribution in [0.5, 0.6) is 0 Å². The summed E-state index contributed by atoms with van der Waals surface area (Å²) < 4.78 is 0. The maximum Gasteiger partial charge on any atom is 0.195 e. The van der Waals surface area contributed by atoms with E-state index in [0.717, 1.165) is 22.6 Å². The second-order valence-electron chi connectivity index (χ2n) is 3.95. The third-order valence-electron chi connectivity index (χ3n) is 2.29. The summed E-state index contributed by atoms with van der Waals surface area (Å²) in [5.41, 5.74) is 2.45. The molecule has 0 fully saturated rings. The highest BCUT2D eigenvalue weighted by Crippen LogP contribution is 2.32. The van der Waals surface area contributed by atoms with Gasteiger partial charge in [-0.15, -0.1) is 11.3 Å². The molecule has 0 aliphatic carbocycles. The van der Waals surface area contributed by atoms with Crippen LogP contribution in [0.4, 0.5) is 0 Å². The molecule has 0 unspecified atom stereocenters. The van der Waals surface area contributed by atoms with Crippen LogP contribution in [0.15, 0.2) is 17.7 Å². The van der Waals surface area contributed by atoms with Gasteiger partial charge in [-0.25, -0.2) is 0 Å². The lowest BCUT2D eigenvalue weighted by molar-refractivity contribution is 0.104. The predicted molar refractivity (Wildman–Crippen MR) is 67.9 cm³/mol. The van der Waals surface area contributed by atoms with Gasteiger partial charge < -0.3 is 0 Å². The van der Waals surface area contributed by atoms with E-state index in [1.165, 1.54) is 16.2 Å². The van der Waals surface area contributed by atoms with Gasteiger partial charge in [0, 0.05) is 10.6 Å². The monoisotopic (exact) mass is 238 g/mol. The zero-order valence-electron chi connectivity index (χ0n) is 9.00. The third kappa shape index (κ3) is 2.52. The number of hydrogen-bond acceptors (Lipinski definition) is 3. The Hall–Kier alpha value is -0.540. The van der Waals surface area contributed by atoms with Gasteiger partial charge in [-0.1, -0.05) is 5.57 Å². The molecule has 0 atom stereocenters. The van der Waals surface area contributed by atoms with Crippen molar-refractivity contribution >= 4 is 28.9 Å². The van der Waals surface area contributed by atoms with E-state index in [1.54, 1.807) is 17.4 Å². The Morgan fingerprint density at radius 1 is 1.47 bits per heavy atom. The normalized spacial score (nSPS) is 14.5. The van der Waals surface area contributed by atoms with Crippen molar-refractivity contribution in [3.05, 3.63) is 33.0 Å². The molecule has 2 heterocycles. The summed E-state index contributed by atoms with van der Waals surface area (Å²) in [6.07, 6.45) is 2.86. The van der Waals surface area contributed by atoms with E-state index in [0.29, 0.717) is 0 Å². The molecule has 0 radical (unpaired) electrons. The van der Waals surface area contributed by atoms with Crippen molar-refractivity contribution in [3.8, 4) is 0 Å². The molecule has 0 N–H and O–H groups in total. The Kier molecular flexibility index (Phi) is 3.32. The summed E-state index contributed by atoms with van der Waals surface area (Å²) in [6.45, 7) is 3.92. The first-order valence-electron chi connectivity index (χ1n) is 5.05. The fraction of sp³-hybridized carbons (Fsp3) is 0.417. The SMILES string of the molecule is CC(C)=CC(=O)c1cc2c(s1)CCSC2. The lowest BCUT2D eigenvalue weighted by Gasteiger charge is -2.08. The fourth-order valence-electron chi connectivity index (χ4n) is 1.60. The molecular formula is C12H14OS2. The summed E-state index contributed by atoms with van der Waals surface area (Å²) in [7, 11) is 0. The van der Waals surface area contributed by atoms with Gasteiger partial charge >= 0.3 is 0 Å². The molecule has 15 heavy (non-hydrogen) atoms. The van der Waals surface area contributed by atoms with Crippen LogP contribution in [0.1, 0.15) is 34.0 Å². The van der Waals surface area contributed by atoms with E-state index in [1.807, 2.05) is 25.6 Å². The summed E-state index contributed by atoms with van der Waals surface area (Å²) >= 11 is 3.63. The molecule has 1 aromatic rings. The van der Waals surface area contributed by atoms with Gasteiger partial charge in [0.2, 0.25) is 0 Å². The standard InChI is InChI=1S/C12H14OS2/c1-8(2)5-10(13)12-6-9-7-14-4-3-11(9)15-12/h5-6H,3-4,7H2,1-2H3. The van der Waals surface area contributed by atoms with Gasteiger partial charge in [0.25, 0.3) is 0 Å². The molecule has 1 aromatic heterocycles. The lowest BCUT2D eigenvalue weighted by atomic mass is 10.2. The number of allylic oxidation sites excluding steroid dienone is 2. The number of thiophene rings is 1. The van der Waals surface area contributed by atoms with E-state index in [4.69, 9.17) is 0 Å². The Morgan fingerprint density at radius 2 is 2.27 bits per heavy atom. The molecule has 2 rings (SSSR count). The van der Waals surface area contributed by atoms with Gasteiger partial charge in [0.15, 0.2) is 5.78 Å². The summed E-state index contributed by atoms with van der Waals surface area (Å²) in [5.74, 6) is 2.44.